The zero-order valence-electron chi connectivity index (χ0n) is 19.5. The Kier molecular flexibility index (Phi) is 6.72. The Bertz CT molecular complexity index is 1470. The van der Waals surface area contributed by atoms with Gasteiger partial charge >= 0.3 is 0 Å². The van der Waals surface area contributed by atoms with Gasteiger partial charge in [0.05, 0.1) is 44.4 Å². The highest BCUT2D eigenvalue weighted by Crippen LogP contribution is 2.36. The van der Waals surface area contributed by atoms with Crippen molar-refractivity contribution in [1.29, 1.82) is 0 Å². The van der Waals surface area contributed by atoms with E-state index < -0.39 is 10.8 Å². The van der Waals surface area contributed by atoms with Gasteiger partial charge in [-0.15, -0.1) is 0 Å². The Labute approximate surface area is 217 Å². The summed E-state index contributed by atoms with van der Waals surface area (Å²) in [5.41, 5.74) is 3.05. The van der Waals surface area contributed by atoms with E-state index in [1.807, 2.05) is 49.4 Å². The number of hydrogen-bond acceptors (Lipinski definition) is 3. The molecule has 2 atom stereocenters. The number of benzene rings is 4. The van der Waals surface area contributed by atoms with Crippen molar-refractivity contribution in [2.24, 2.45) is 0 Å². The quantitative estimate of drug-likeness (QED) is 0.347. The predicted octanol–water partition coefficient (Wildman–Crippen LogP) is 6.16. The first-order valence-electron chi connectivity index (χ1n) is 11.5. The van der Waals surface area contributed by atoms with Crippen LogP contribution in [0.2, 0.25) is 5.02 Å². The Morgan fingerprint density at radius 2 is 1.61 bits per heavy atom. The summed E-state index contributed by atoms with van der Waals surface area (Å²) in [6, 6.07) is 28.6. The zero-order chi connectivity index (χ0) is 25.2. The highest BCUT2D eigenvalue weighted by atomic mass is 35.5. The van der Waals surface area contributed by atoms with Crippen LogP contribution < -0.4 is 10.2 Å². The van der Waals surface area contributed by atoms with Crippen molar-refractivity contribution < 1.29 is 13.8 Å². The van der Waals surface area contributed by atoms with Crippen LogP contribution in [0, 0.1) is 0 Å². The van der Waals surface area contributed by atoms with E-state index in [0.29, 0.717) is 31.6 Å². The third-order valence-electron chi connectivity index (χ3n) is 6.18. The fourth-order valence-electron chi connectivity index (χ4n) is 4.24. The molecule has 4 aromatic carbocycles. The number of amides is 2. The Morgan fingerprint density at radius 1 is 0.917 bits per heavy atom. The van der Waals surface area contributed by atoms with Crippen molar-refractivity contribution in [2.45, 2.75) is 29.3 Å². The molecular formula is C29H23ClN2O3S. The van der Waals surface area contributed by atoms with Gasteiger partial charge in [0.15, 0.2) is 0 Å². The van der Waals surface area contributed by atoms with Gasteiger partial charge in [0.2, 0.25) is 0 Å². The number of hydrogen-bond donors (Lipinski definition) is 1. The average Bonchev–Trinajstić information content (AvgIpc) is 2.99. The van der Waals surface area contributed by atoms with E-state index >= 15 is 0 Å². The Balaban J connectivity index is 1.55. The van der Waals surface area contributed by atoms with Crippen molar-refractivity contribution in [1.82, 2.24) is 5.32 Å². The Morgan fingerprint density at radius 3 is 2.36 bits per heavy atom. The lowest BCUT2D eigenvalue weighted by molar-refractivity contribution is 0.0937. The van der Waals surface area contributed by atoms with Crippen LogP contribution in [-0.2, 0) is 17.3 Å². The van der Waals surface area contributed by atoms with Gasteiger partial charge in [0, 0.05) is 10.6 Å². The molecule has 7 heteroatoms. The van der Waals surface area contributed by atoms with Crippen molar-refractivity contribution in [3.63, 3.8) is 0 Å². The molecule has 0 radical (unpaired) electrons. The van der Waals surface area contributed by atoms with E-state index in [9.17, 15) is 13.8 Å². The molecule has 5 rings (SSSR count). The number of rotatable bonds is 5. The number of fused-ring (bicyclic) bond motifs is 2. The van der Waals surface area contributed by atoms with Gasteiger partial charge in [-0.25, -0.2) is 4.21 Å². The van der Waals surface area contributed by atoms with E-state index in [0.717, 1.165) is 11.1 Å². The van der Waals surface area contributed by atoms with Crippen molar-refractivity contribution >= 4 is 39.9 Å². The second kappa shape index (κ2) is 10.1. The van der Waals surface area contributed by atoms with E-state index in [1.165, 1.54) is 0 Å². The van der Waals surface area contributed by atoms with Crippen molar-refractivity contribution in [3.05, 3.63) is 124 Å². The summed E-state index contributed by atoms with van der Waals surface area (Å²) >= 11 is 6.05. The minimum atomic E-state index is -1.59. The second-order valence-electron chi connectivity index (χ2n) is 8.57. The van der Waals surface area contributed by atoms with Gasteiger partial charge in [0.25, 0.3) is 11.8 Å². The third-order valence-corrected chi connectivity index (χ3v) is 7.93. The highest BCUT2D eigenvalue weighted by Gasteiger charge is 2.31. The van der Waals surface area contributed by atoms with Gasteiger partial charge in [-0.05, 0) is 60.5 Å². The van der Waals surface area contributed by atoms with Crippen LogP contribution in [0.3, 0.4) is 0 Å². The first-order chi connectivity index (χ1) is 17.4. The monoisotopic (exact) mass is 514 g/mol. The maximum absolute atomic E-state index is 13.7. The standard InChI is InChI=1S/C29H23ClN2O3S/c1-19(21-7-3-2-4-8-21)31-28(33)22-13-16-27-25(17-22)32(18-20-11-14-23(30)15-12-20)29(34)24-9-5-6-10-26(24)36(27)35/h2-17,19H,18H2,1H3,(H,31,33)/t19-,36+/m0/s1. The lowest BCUT2D eigenvalue weighted by atomic mass is 10.1. The smallest absolute Gasteiger partial charge is 0.259 e. The second-order valence-corrected chi connectivity index (χ2v) is 10.4. The molecule has 0 aromatic heterocycles. The molecule has 2 amide bonds. The largest absolute Gasteiger partial charge is 0.346 e. The van der Waals surface area contributed by atoms with Crippen LogP contribution in [0.1, 0.15) is 44.8 Å². The molecule has 1 aliphatic rings. The summed E-state index contributed by atoms with van der Waals surface area (Å²) in [6.07, 6.45) is 0. The molecule has 5 nitrogen and oxygen atoms in total. The van der Waals surface area contributed by atoms with Crippen LogP contribution >= 0.6 is 11.6 Å². The number of halogens is 1. The molecule has 0 fully saturated rings. The number of nitrogens with zero attached hydrogens (tertiary/aromatic N) is 1. The fraction of sp³-hybridized carbons (Fsp3) is 0.103. The molecule has 0 bridgehead atoms. The van der Waals surface area contributed by atoms with E-state index in [-0.39, 0.29) is 24.4 Å². The highest BCUT2D eigenvalue weighted by molar-refractivity contribution is 7.85. The molecule has 0 aliphatic carbocycles. The summed E-state index contributed by atoms with van der Waals surface area (Å²) in [5, 5.41) is 3.61. The van der Waals surface area contributed by atoms with Gasteiger partial charge < -0.3 is 10.2 Å². The summed E-state index contributed by atoms with van der Waals surface area (Å²) in [6.45, 7) is 2.15. The maximum Gasteiger partial charge on any atom is 0.259 e. The molecule has 1 aliphatic heterocycles. The normalized spacial score (nSPS) is 15.4. The number of nitrogens with one attached hydrogen (secondary N) is 1. The van der Waals surface area contributed by atoms with Crippen LogP contribution in [0.25, 0.3) is 0 Å². The molecule has 1 heterocycles. The summed E-state index contributed by atoms with van der Waals surface area (Å²) in [5.74, 6) is -0.552. The molecule has 36 heavy (non-hydrogen) atoms. The minimum absolute atomic E-state index is 0.206. The molecule has 1 N–H and O–H groups in total. The number of anilines is 1. The summed E-state index contributed by atoms with van der Waals surface area (Å²) < 4.78 is 13.6. The molecule has 180 valence electrons. The first kappa shape index (κ1) is 24.0. The lowest BCUT2D eigenvalue weighted by Gasteiger charge is -2.24. The predicted molar refractivity (Wildman–Crippen MR) is 142 cm³/mol. The van der Waals surface area contributed by atoms with Crippen LogP contribution in [0.15, 0.2) is 107 Å². The van der Waals surface area contributed by atoms with Gasteiger partial charge in [-0.2, -0.15) is 0 Å². The minimum Gasteiger partial charge on any atom is -0.346 e. The molecule has 0 unspecified atom stereocenters. The van der Waals surface area contributed by atoms with Crippen molar-refractivity contribution in [3.8, 4) is 0 Å². The van der Waals surface area contributed by atoms with Crippen LogP contribution in [0.5, 0.6) is 0 Å². The zero-order valence-corrected chi connectivity index (χ0v) is 21.1. The topological polar surface area (TPSA) is 66.5 Å². The van der Waals surface area contributed by atoms with Crippen LogP contribution in [-0.4, -0.2) is 16.0 Å². The summed E-state index contributed by atoms with van der Waals surface area (Å²) in [4.78, 5) is 29.4. The van der Waals surface area contributed by atoms with Gasteiger partial charge in [-0.3, -0.25) is 9.59 Å². The lowest BCUT2D eigenvalue weighted by Crippen LogP contribution is -2.31. The Hall–Kier alpha value is -3.74. The first-order valence-corrected chi connectivity index (χ1v) is 13.0. The molecule has 0 saturated carbocycles. The van der Waals surface area contributed by atoms with Crippen LogP contribution in [0.4, 0.5) is 5.69 Å². The van der Waals surface area contributed by atoms with E-state index in [4.69, 9.17) is 11.6 Å². The summed E-state index contributed by atoms with van der Waals surface area (Å²) in [7, 11) is -1.59. The molecule has 0 spiro atoms. The third kappa shape index (κ3) is 4.70. The number of carbonyl (C=O) groups is 2. The maximum atomic E-state index is 13.7. The average molecular weight is 515 g/mol. The number of carbonyl (C=O) groups excluding carboxylic acids is 2. The fourth-order valence-corrected chi connectivity index (χ4v) is 5.71. The van der Waals surface area contributed by atoms with E-state index in [2.05, 4.69) is 5.32 Å². The molecule has 4 aromatic rings. The van der Waals surface area contributed by atoms with Crippen molar-refractivity contribution in [2.75, 3.05) is 4.90 Å². The van der Waals surface area contributed by atoms with Gasteiger partial charge in [0.1, 0.15) is 0 Å². The molecule has 0 saturated heterocycles. The molecular weight excluding hydrogens is 492 g/mol. The van der Waals surface area contributed by atoms with Gasteiger partial charge in [-0.1, -0.05) is 66.2 Å². The SMILES string of the molecule is C[C@H](NC(=O)c1ccc2c(c1)N(Cc1ccc(Cl)cc1)C(=O)c1ccccc1[S@]2=O)c1ccccc1. The van der Waals surface area contributed by atoms with E-state index in [1.54, 1.807) is 59.5 Å².